The van der Waals surface area contributed by atoms with Gasteiger partial charge < -0.3 is 15.4 Å². The highest BCUT2D eigenvalue weighted by atomic mass is 16.5. The third-order valence-corrected chi connectivity index (χ3v) is 3.30. The predicted molar refractivity (Wildman–Crippen MR) is 84.7 cm³/mol. The fourth-order valence-electron chi connectivity index (χ4n) is 2.12. The van der Waals surface area contributed by atoms with Gasteiger partial charge in [0.05, 0.1) is 12.7 Å². The van der Waals surface area contributed by atoms with Crippen LogP contribution in [0.2, 0.25) is 0 Å². The van der Waals surface area contributed by atoms with E-state index in [1.54, 1.807) is 17.9 Å². The Morgan fingerprint density at radius 2 is 2.09 bits per heavy atom. The number of nitrogens with one attached hydrogen (secondary N) is 2. The highest BCUT2D eigenvalue weighted by molar-refractivity contribution is 5.82. The number of benzene rings is 1. The minimum Gasteiger partial charge on any atom is -0.492 e. The number of rotatable bonds is 7. The van der Waals surface area contributed by atoms with E-state index in [4.69, 9.17) is 4.74 Å². The zero-order chi connectivity index (χ0) is 15.9. The van der Waals surface area contributed by atoms with Crippen LogP contribution in [0.5, 0.6) is 5.75 Å². The normalized spacial score (nSPS) is 12.0. The van der Waals surface area contributed by atoms with E-state index in [1.807, 2.05) is 44.4 Å². The number of ether oxygens (including phenoxy) is 1. The van der Waals surface area contributed by atoms with Crippen LogP contribution in [0.15, 0.2) is 36.7 Å². The first-order valence-electron chi connectivity index (χ1n) is 7.23. The lowest BCUT2D eigenvalue weighted by Gasteiger charge is -2.14. The van der Waals surface area contributed by atoms with Gasteiger partial charge in [0.15, 0.2) is 0 Å². The molecule has 0 spiro atoms. The average Bonchev–Trinajstić information content (AvgIpc) is 2.92. The topological polar surface area (TPSA) is 68.2 Å². The van der Waals surface area contributed by atoms with Crippen LogP contribution in [0, 0.1) is 6.92 Å². The van der Waals surface area contributed by atoms with Crippen molar-refractivity contribution >= 4 is 5.91 Å². The summed E-state index contributed by atoms with van der Waals surface area (Å²) in [5, 5.41) is 9.93. The number of carbonyl (C=O) groups excluding carboxylic acids is 1. The van der Waals surface area contributed by atoms with Crippen molar-refractivity contribution in [2.24, 2.45) is 7.05 Å². The van der Waals surface area contributed by atoms with Gasteiger partial charge in [0.2, 0.25) is 5.91 Å². The minimum atomic E-state index is -0.409. The zero-order valence-electron chi connectivity index (χ0n) is 13.2. The van der Waals surface area contributed by atoms with Crippen molar-refractivity contribution in [3.63, 3.8) is 0 Å². The number of nitrogens with zero attached hydrogens (tertiary/aromatic N) is 2. The summed E-state index contributed by atoms with van der Waals surface area (Å²) >= 11 is 0. The molecule has 0 radical (unpaired) electrons. The van der Waals surface area contributed by atoms with E-state index in [9.17, 15) is 4.79 Å². The Bertz CT molecular complexity index is 607. The first-order valence-corrected chi connectivity index (χ1v) is 7.23. The Kier molecular flexibility index (Phi) is 5.55. The molecule has 0 saturated heterocycles. The summed E-state index contributed by atoms with van der Waals surface area (Å²) in [7, 11) is 3.57. The summed E-state index contributed by atoms with van der Waals surface area (Å²) in [6.07, 6.45) is 3.51. The lowest BCUT2D eigenvalue weighted by molar-refractivity contribution is -0.123. The summed E-state index contributed by atoms with van der Waals surface area (Å²) < 4.78 is 7.26. The van der Waals surface area contributed by atoms with Crippen LogP contribution in [0.25, 0.3) is 0 Å². The van der Waals surface area contributed by atoms with Gasteiger partial charge in [0, 0.05) is 18.8 Å². The van der Waals surface area contributed by atoms with E-state index >= 15 is 0 Å². The number of hydrogen-bond donors (Lipinski definition) is 2. The maximum absolute atomic E-state index is 12.2. The Labute approximate surface area is 130 Å². The van der Waals surface area contributed by atoms with Crippen LogP contribution < -0.4 is 15.4 Å². The second-order valence-corrected chi connectivity index (χ2v) is 5.12. The molecule has 0 fully saturated rings. The molecule has 2 rings (SSSR count). The molecular formula is C16H22N4O2. The fraction of sp³-hybridized carbons (Fsp3) is 0.375. The van der Waals surface area contributed by atoms with Crippen molar-refractivity contribution in [2.45, 2.75) is 13.0 Å². The minimum absolute atomic E-state index is 0.0944. The highest BCUT2D eigenvalue weighted by Gasteiger charge is 2.19. The molecule has 0 aliphatic rings. The third kappa shape index (κ3) is 4.33. The Balaban J connectivity index is 1.78. The summed E-state index contributed by atoms with van der Waals surface area (Å²) in [6.45, 7) is 2.91. The monoisotopic (exact) mass is 302 g/mol. The first kappa shape index (κ1) is 16.0. The smallest absolute Gasteiger partial charge is 0.241 e. The van der Waals surface area contributed by atoms with Gasteiger partial charge in [-0.2, -0.15) is 5.10 Å². The number of aromatic nitrogens is 2. The summed E-state index contributed by atoms with van der Waals surface area (Å²) in [6, 6.07) is 7.42. The van der Waals surface area contributed by atoms with Crippen molar-refractivity contribution in [3.8, 4) is 5.75 Å². The van der Waals surface area contributed by atoms with Crippen LogP contribution in [-0.2, 0) is 11.8 Å². The molecule has 0 saturated carbocycles. The van der Waals surface area contributed by atoms with E-state index in [0.29, 0.717) is 13.2 Å². The van der Waals surface area contributed by atoms with E-state index < -0.39 is 6.04 Å². The Morgan fingerprint density at radius 3 is 2.68 bits per heavy atom. The number of hydrogen-bond acceptors (Lipinski definition) is 4. The van der Waals surface area contributed by atoms with Crippen LogP contribution in [-0.4, -0.2) is 35.9 Å². The Morgan fingerprint density at radius 1 is 1.36 bits per heavy atom. The van der Waals surface area contributed by atoms with Crippen LogP contribution in [0.4, 0.5) is 0 Å². The first-order chi connectivity index (χ1) is 10.6. The van der Waals surface area contributed by atoms with E-state index in [0.717, 1.165) is 11.3 Å². The molecule has 6 nitrogen and oxygen atoms in total. The molecule has 1 atom stereocenters. The standard InChI is InChI=1S/C16H22N4O2/c1-12-4-6-14(7-5-12)22-9-8-18-16(21)15(17-2)13-10-19-20(3)11-13/h4-7,10-11,15,17H,8-9H2,1-3H3,(H,18,21). The quantitative estimate of drug-likeness (QED) is 0.754. The molecule has 1 heterocycles. The largest absolute Gasteiger partial charge is 0.492 e. The number of amides is 1. The van der Waals surface area contributed by atoms with Gasteiger partial charge in [0.1, 0.15) is 18.4 Å². The number of aryl methyl sites for hydroxylation is 2. The second-order valence-electron chi connectivity index (χ2n) is 5.12. The molecule has 0 aliphatic heterocycles. The molecule has 2 N–H and O–H groups in total. The molecule has 6 heteroatoms. The molecule has 0 aliphatic carbocycles. The summed E-state index contributed by atoms with van der Waals surface area (Å²) in [5.74, 6) is 0.709. The van der Waals surface area contributed by atoms with Crippen LogP contribution in [0.3, 0.4) is 0 Å². The van der Waals surface area contributed by atoms with Crippen LogP contribution in [0.1, 0.15) is 17.2 Å². The van der Waals surface area contributed by atoms with Crippen LogP contribution >= 0.6 is 0 Å². The van der Waals surface area contributed by atoms with Crippen molar-refractivity contribution in [1.29, 1.82) is 0 Å². The summed E-state index contributed by atoms with van der Waals surface area (Å²) in [4.78, 5) is 12.2. The van der Waals surface area contributed by atoms with Gasteiger partial charge in [-0.1, -0.05) is 17.7 Å². The molecule has 2 aromatic rings. The summed E-state index contributed by atoms with van der Waals surface area (Å²) in [5.41, 5.74) is 2.02. The van der Waals surface area contributed by atoms with Crippen molar-refractivity contribution < 1.29 is 9.53 Å². The molecule has 22 heavy (non-hydrogen) atoms. The van der Waals surface area contributed by atoms with Gasteiger partial charge in [-0.25, -0.2) is 0 Å². The lowest BCUT2D eigenvalue weighted by atomic mass is 10.1. The van der Waals surface area contributed by atoms with Gasteiger partial charge in [0.25, 0.3) is 0 Å². The predicted octanol–water partition coefficient (Wildman–Crippen LogP) is 1.18. The molecule has 1 amide bonds. The van der Waals surface area contributed by atoms with Gasteiger partial charge in [-0.3, -0.25) is 9.48 Å². The lowest BCUT2D eigenvalue weighted by Crippen LogP contribution is -2.37. The van der Waals surface area contributed by atoms with Crippen molar-refractivity contribution in [2.75, 3.05) is 20.2 Å². The van der Waals surface area contributed by atoms with Gasteiger partial charge in [-0.05, 0) is 26.1 Å². The van der Waals surface area contributed by atoms with E-state index in [-0.39, 0.29) is 5.91 Å². The maximum atomic E-state index is 12.2. The fourth-order valence-corrected chi connectivity index (χ4v) is 2.12. The molecular weight excluding hydrogens is 280 g/mol. The van der Waals surface area contributed by atoms with Gasteiger partial charge in [-0.15, -0.1) is 0 Å². The zero-order valence-corrected chi connectivity index (χ0v) is 13.2. The molecule has 1 unspecified atom stereocenters. The van der Waals surface area contributed by atoms with Crippen molar-refractivity contribution in [1.82, 2.24) is 20.4 Å². The average molecular weight is 302 g/mol. The highest BCUT2D eigenvalue weighted by Crippen LogP contribution is 2.12. The number of carbonyl (C=O) groups is 1. The third-order valence-electron chi connectivity index (χ3n) is 3.30. The second kappa shape index (κ2) is 7.61. The Hall–Kier alpha value is -2.34. The molecule has 1 aromatic carbocycles. The van der Waals surface area contributed by atoms with Crippen molar-refractivity contribution in [3.05, 3.63) is 47.8 Å². The SMILES string of the molecule is CNC(C(=O)NCCOc1ccc(C)cc1)c1cnn(C)c1. The van der Waals surface area contributed by atoms with E-state index in [2.05, 4.69) is 15.7 Å². The van der Waals surface area contributed by atoms with E-state index in [1.165, 1.54) is 5.56 Å². The van der Waals surface area contributed by atoms with Gasteiger partial charge >= 0.3 is 0 Å². The molecule has 1 aromatic heterocycles. The number of likely N-dealkylation sites (N-methyl/N-ethyl adjacent to an activating group) is 1. The molecule has 118 valence electrons. The molecule has 0 bridgehead atoms. The maximum Gasteiger partial charge on any atom is 0.241 e.